The van der Waals surface area contributed by atoms with Crippen LogP contribution in [0, 0.1) is 5.92 Å². The largest absolute Gasteiger partial charge is 0.490 e. The number of carbonyl (C=O) groups is 2. The normalized spacial score (nSPS) is 24.6. The van der Waals surface area contributed by atoms with Crippen LogP contribution < -0.4 is 0 Å². The summed E-state index contributed by atoms with van der Waals surface area (Å²) in [7, 11) is 1.73. The molecule has 2 heterocycles. The summed E-state index contributed by atoms with van der Waals surface area (Å²) in [5.74, 6) is -2.33. The second-order valence-corrected chi connectivity index (χ2v) is 6.73. The number of hydrogen-bond acceptors (Lipinski definition) is 5. The van der Waals surface area contributed by atoms with Crippen LogP contribution in [0.5, 0.6) is 0 Å². The SMILES string of the molecule is COC[C@H]1CCC[C@]12CN(C(=O)c1cccnc1)CCO2.O=C(O)C(F)(F)F. The third-order valence-electron chi connectivity index (χ3n) is 4.91. The molecular formula is C18H23F3N2O5. The van der Waals surface area contributed by atoms with Gasteiger partial charge in [-0.3, -0.25) is 9.78 Å². The maximum absolute atomic E-state index is 12.6. The molecule has 0 unspecified atom stereocenters. The lowest BCUT2D eigenvalue weighted by molar-refractivity contribution is -0.192. The molecule has 2 aliphatic rings. The molecular weight excluding hydrogens is 381 g/mol. The molecule has 1 spiro atoms. The number of nitrogens with zero attached hydrogens (tertiary/aromatic N) is 2. The van der Waals surface area contributed by atoms with Gasteiger partial charge in [-0.15, -0.1) is 0 Å². The van der Waals surface area contributed by atoms with Crippen molar-refractivity contribution >= 4 is 11.9 Å². The van der Waals surface area contributed by atoms with Gasteiger partial charge in [-0.05, 0) is 25.0 Å². The highest BCUT2D eigenvalue weighted by atomic mass is 19.4. The van der Waals surface area contributed by atoms with E-state index in [0.717, 1.165) is 19.3 Å². The molecule has 28 heavy (non-hydrogen) atoms. The number of hydrogen-bond donors (Lipinski definition) is 1. The van der Waals surface area contributed by atoms with Crippen molar-refractivity contribution in [3.63, 3.8) is 0 Å². The van der Waals surface area contributed by atoms with Crippen molar-refractivity contribution < 1.29 is 37.3 Å². The summed E-state index contributed by atoms with van der Waals surface area (Å²) in [6.07, 6.45) is 1.50. The van der Waals surface area contributed by atoms with Crippen LogP contribution in [0.2, 0.25) is 0 Å². The fourth-order valence-corrected chi connectivity index (χ4v) is 3.60. The molecule has 0 aromatic carbocycles. The van der Waals surface area contributed by atoms with Crippen molar-refractivity contribution in [3.05, 3.63) is 30.1 Å². The molecule has 1 aromatic heterocycles. The second kappa shape index (κ2) is 9.33. The van der Waals surface area contributed by atoms with Gasteiger partial charge >= 0.3 is 12.1 Å². The number of alkyl halides is 3. The summed E-state index contributed by atoms with van der Waals surface area (Å²) in [5, 5.41) is 7.12. The first-order valence-corrected chi connectivity index (χ1v) is 8.82. The van der Waals surface area contributed by atoms with Crippen LogP contribution in [-0.2, 0) is 14.3 Å². The van der Waals surface area contributed by atoms with Crippen molar-refractivity contribution in [1.82, 2.24) is 9.88 Å². The number of carbonyl (C=O) groups excluding carboxylic acids is 1. The van der Waals surface area contributed by atoms with Crippen molar-refractivity contribution in [2.45, 2.75) is 31.0 Å². The van der Waals surface area contributed by atoms with Gasteiger partial charge in [0.1, 0.15) is 0 Å². The number of methoxy groups -OCH3 is 1. The van der Waals surface area contributed by atoms with Crippen molar-refractivity contribution in [2.24, 2.45) is 5.92 Å². The van der Waals surface area contributed by atoms with Gasteiger partial charge in [-0.1, -0.05) is 6.42 Å². The topological polar surface area (TPSA) is 89.0 Å². The minimum absolute atomic E-state index is 0.0499. The van der Waals surface area contributed by atoms with Gasteiger partial charge in [-0.2, -0.15) is 13.2 Å². The lowest BCUT2D eigenvalue weighted by atomic mass is 9.89. The van der Waals surface area contributed by atoms with E-state index in [1.165, 1.54) is 0 Å². The molecule has 3 rings (SSSR count). The van der Waals surface area contributed by atoms with E-state index in [4.69, 9.17) is 19.4 Å². The molecule has 2 fully saturated rings. The smallest absolute Gasteiger partial charge is 0.475 e. The number of aliphatic carboxylic acids is 1. The maximum Gasteiger partial charge on any atom is 0.490 e. The predicted molar refractivity (Wildman–Crippen MR) is 91.7 cm³/mol. The number of amides is 1. The first-order chi connectivity index (χ1) is 13.2. The van der Waals surface area contributed by atoms with Crippen molar-refractivity contribution in [2.75, 3.05) is 33.4 Å². The number of ether oxygens (including phenoxy) is 2. The highest BCUT2D eigenvalue weighted by Gasteiger charge is 2.47. The summed E-state index contributed by atoms with van der Waals surface area (Å²) in [4.78, 5) is 27.4. The van der Waals surface area contributed by atoms with Crippen LogP contribution >= 0.6 is 0 Å². The fourth-order valence-electron chi connectivity index (χ4n) is 3.60. The zero-order chi connectivity index (χ0) is 20.8. The van der Waals surface area contributed by atoms with Crippen LogP contribution in [0.4, 0.5) is 13.2 Å². The average Bonchev–Trinajstić information content (AvgIpc) is 3.03. The molecule has 1 amide bonds. The Hall–Kier alpha value is -2.20. The van der Waals surface area contributed by atoms with Gasteiger partial charge in [-0.25, -0.2) is 4.79 Å². The van der Waals surface area contributed by atoms with Crippen LogP contribution in [0.1, 0.15) is 29.6 Å². The van der Waals surface area contributed by atoms with Gasteiger partial charge in [0.15, 0.2) is 0 Å². The molecule has 0 radical (unpaired) electrons. The molecule has 1 N–H and O–H groups in total. The molecule has 10 heteroatoms. The Balaban J connectivity index is 0.000000345. The number of aromatic nitrogens is 1. The first-order valence-electron chi connectivity index (χ1n) is 8.82. The molecule has 1 saturated heterocycles. The zero-order valence-corrected chi connectivity index (χ0v) is 15.4. The molecule has 1 aliphatic heterocycles. The summed E-state index contributed by atoms with van der Waals surface area (Å²) >= 11 is 0. The maximum atomic E-state index is 12.6. The van der Waals surface area contributed by atoms with E-state index in [1.807, 2.05) is 11.0 Å². The zero-order valence-electron chi connectivity index (χ0n) is 15.4. The molecule has 1 saturated carbocycles. The predicted octanol–water partition coefficient (Wildman–Crippen LogP) is 2.37. The minimum atomic E-state index is -5.08. The van der Waals surface area contributed by atoms with Gasteiger partial charge in [0.25, 0.3) is 5.91 Å². The Morgan fingerprint density at radius 2 is 2.18 bits per heavy atom. The monoisotopic (exact) mass is 404 g/mol. The summed E-state index contributed by atoms with van der Waals surface area (Å²) in [5.41, 5.74) is 0.433. The van der Waals surface area contributed by atoms with Gasteiger partial charge in [0.05, 0.1) is 30.9 Å². The van der Waals surface area contributed by atoms with Gasteiger partial charge in [0.2, 0.25) is 0 Å². The van der Waals surface area contributed by atoms with Crippen molar-refractivity contribution in [1.29, 1.82) is 0 Å². The Bertz CT molecular complexity index is 671. The van der Waals surface area contributed by atoms with E-state index < -0.39 is 12.1 Å². The number of morpholine rings is 1. The summed E-state index contributed by atoms with van der Waals surface area (Å²) < 4.78 is 43.2. The average molecular weight is 404 g/mol. The summed E-state index contributed by atoms with van der Waals surface area (Å²) in [6.45, 7) is 2.62. The van der Waals surface area contributed by atoms with E-state index >= 15 is 0 Å². The Morgan fingerprint density at radius 1 is 1.46 bits per heavy atom. The summed E-state index contributed by atoms with van der Waals surface area (Å²) in [6, 6.07) is 3.62. The van der Waals surface area contributed by atoms with Crippen LogP contribution in [0.15, 0.2) is 24.5 Å². The molecule has 0 bridgehead atoms. The van der Waals surface area contributed by atoms with Crippen LogP contribution in [0.25, 0.3) is 0 Å². The Labute approximate surface area is 160 Å². The molecule has 1 aromatic rings. The van der Waals surface area contributed by atoms with E-state index in [0.29, 0.717) is 37.8 Å². The van der Waals surface area contributed by atoms with Gasteiger partial charge < -0.3 is 19.5 Å². The van der Waals surface area contributed by atoms with Gasteiger partial charge in [0, 0.05) is 32.0 Å². The van der Waals surface area contributed by atoms with E-state index in [1.54, 1.807) is 25.6 Å². The second-order valence-electron chi connectivity index (χ2n) is 6.73. The molecule has 7 nitrogen and oxygen atoms in total. The Kier molecular flexibility index (Phi) is 7.36. The standard InChI is InChI=1S/C16H22N2O3.C2HF3O2/c1-20-11-14-5-2-6-16(14)12-18(8-9-21-16)15(19)13-4-3-7-17-10-13;3-2(4,5)1(6)7/h3-4,7,10,14H,2,5-6,8-9,11-12H2,1H3;(H,6,7)/t14-,16+;/m1./s1. The fraction of sp³-hybridized carbons (Fsp3) is 0.611. The number of rotatable bonds is 3. The lowest BCUT2D eigenvalue weighted by Crippen LogP contribution is -2.56. The molecule has 156 valence electrons. The minimum Gasteiger partial charge on any atom is -0.475 e. The highest BCUT2D eigenvalue weighted by molar-refractivity contribution is 5.94. The molecule has 1 aliphatic carbocycles. The number of carboxylic acid groups (broad SMARTS) is 1. The van der Waals surface area contributed by atoms with E-state index in [9.17, 15) is 18.0 Å². The van der Waals surface area contributed by atoms with Crippen molar-refractivity contribution in [3.8, 4) is 0 Å². The quantitative estimate of drug-likeness (QED) is 0.832. The number of halogens is 3. The van der Waals surface area contributed by atoms with Crippen LogP contribution in [0.3, 0.4) is 0 Å². The van der Waals surface area contributed by atoms with E-state index in [2.05, 4.69) is 4.98 Å². The highest BCUT2D eigenvalue weighted by Crippen LogP contribution is 2.41. The lowest BCUT2D eigenvalue weighted by Gasteiger charge is -2.44. The van der Waals surface area contributed by atoms with E-state index in [-0.39, 0.29) is 11.5 Å². The van der Waals surface area contributed by atoms with Crippen LogP contribution in [-0.4, -0.2) is 72.1 Å². The Morgan fingerprint density at radius 3 is 2.75 bits per heavy atom. The molecule has 2 atom stereocenters. The number of pyridine rings is 1. The first kappa shape index (κ1) is 22.1. The third-order valence-corrected chi connectivity index (χ3v) is 4.91. The third kappa shape index (κ3) is 5.41. The number of carboxylic acids is 1.